The normalized spacial score (nSPS) is 11.4. The van der Waals surface area contributed by atoms with Gasteiger partial charge in [-0.05, 0) is 13.1 Å². The topological polar surface area (TPSA) is 58.9 Å². The van der Waals surface area contributed by atoms with Crippen molar-refractivity contribution in [2.45, 2.75) is 13.8 Å². The lowest BCUT2D eigenvalue weighted by atomic mass is 10.4. The van der Waals surface area contributed by atoms with Crippen molar-refractivity contribution in [2.75, 3.05) is 31.5 Å². The third kappa shape index (κ3) is 3.13. The Hall–Kier alpha value is -1.40. The Morgan fingerprint density at radius 2 is 2.11 bits per heavy atom. The summed E-state index contributed by atoms with van der Waals surface area (Å²) in [6.45, 7) is 8.21. The van der Waals surface area contributed by atoms with Crippen LogP contribution in [0.4, 0.5) is 5.95 Å². The summed E-state index contributed by atoms with van der Waals surface area (Å²) >= 11 is 5.97. The van der Waals surface area contributed by atoms with Gasteiger partial charge in [-0.1, -0.05) is 25.4 Å². The van der Waals surface area contributed by atoms with E-state index < -0.39 is 0 Å². The summed E-state index contributed by atoms with van der Waals surface area (Å²) in [4.78, 5) is 11.0. The molecule has 7 heteroatoms. The van der Waals surface area contributed by atoms with Crippen molar-refractivity contribution in [3.8, 4) is 0 Å². The highest BCUT2D eigenvalue weighted by atomic mass is 35.5. The summed E-state index contributed by atoms with van der Waals surface area (Å²) in [7, 11) is 1.82. The van der Waals surface area contributed by atoms with Crippen LogP contribution in [0.1, 0.15) is 13.8 Å². The highest BCUT2D eigenvalue weighted by Crippen LogP contribution is 2.20. The third-order valence-corrected chi connectivity index (χ3v) is 3.42. The van der Waals surface area contributed by atoms with Crippen LogP contribution in [0.5, 0.6) is 0 Å². The molecule has 0 unspecified atom stereocenters. The molecule has 0 amide bonds. The summed E-state index contributed by atoms with van der Waals surface area (Å²) in [5.41, 5.74) is 0.741. The summed E-state index contributed by atoms with van der Waals surface area (Å²) < 4.78 is 1.66. The molecule has 19 heavy (non-hydrogen) atoms. The molecule has 0 spiro atoms. The molecule has 104 valence electrons. The summed E-state index contributed by atoms with van der Waals surface area (Å²) in [6.07, 6.45) is 1.71. The van der Waals surface area contributed by atoms with Gasteiger partial charge >= 0.3 is 0 Å². The molecule has 6 nitrogen and oxygen atoms in total. The largest absolute Gasteiger partial charge is 0.353 e. The lowest BCUT2D eigenvalue weighted by Gasteiger charge is -2.17. The van der Waals surface area contributed by atoms with Crippen molar-refractivity contribution in [3.05, 3.63) is 11.3 Å². The van der Waals surface area contributed by atoms with Gasteiger partial charge in [0.2, 0.25) is 5.95 Å². The van der Waals surface area contributed by atoms with Gasteiger partial charge in [0.15, 0.2) is 10.8 Å². The maximum atomic E-state index is 5.97. The van der Waals surface area contributed by atoms with Gasteiger partial charge in [0.1, 0.15) is 0 Å². The molecule has 0 aliphatic heterocycles. The fourth-order valence-corrected chi connectivity index (χ4v) is 2.20. The first kappa shape index (κ1) is 14.0. The van der Waals surface area contributed by atoms with Gasteiger partial charge in [-0.2, -0.15) is 10.1 Å². The molecule has 0 atom stereocenters. The average Bonchev–Trinajstić information content (AvgIpc) is 2.70. The number of fused-ring (bicyclic) bond motifs is 1. The predicted octanol–water partition coefficient (Wildman–Crippen LogP) is 1.77. The lowest BCUT2D eigenvalue weighted by Crippen LogP contribution is -2.28. The second kappa shape index (κ2) is 6.16. The van der Waals surface area contributed by atoms with Crippen molar-refractivity contribution in [2.24, 2.45) is 7.05 Å². The van der Waals surface area contributed by atoms with Gasteiger partial charge in [-0.15, -0.1) is 0 Å². The molecule has 0 radical (unpaired) electrons. The Bertz CT molecular complexity index is 548. The second-order valence-electron chi connectivity index (χ2n) is 4.30. The van der Waals surface area contributed by atoms with Gasteiger partial charge in [0.05, 0.1) is 5.39 Å². The highest BCUT2D eigenvalue weighted by molar-refractivity contribution is 6.34. The van der Waals surface area contributed by atoms with Crippen LogP contribution in [-0.2, 0) is 7.05 Å². The minimum absolute atomic E-state index is 0.437. The molecule has 0 aliphatic rings. The molecular formula is C12H19ClN6. The zero-order chi connectivity index (χ0) is 13.8. The zero-order valence-corrected chi connectivity index (χ0v) is 12.3. The Morgan fingerprint density at radius 1 is 1.37 bits per heavy atom. The standard InChI is InChI=1S/C12H19ClN6/c1-4-19(5-2)7-6-14-12-15-8-9-10(13)17-18(3)11(9)16-12/h8H,4-7H2,1-3H3,(H,14,15,16). The van der Waals surface area contributed by atoms with E-state index in [4.69, 9.17) is 11.6 Å². The van der Waals surface area contributed by atoms with E-state index in [1.807, 2.05) is 7.05 Å². The maximum absolute atomic E-state index is 5.97. The average molecular weight is 283 g/mol. The Balaban J connectivity index is 2.03. The van der Waals surface area contributed by atoms with E-state index in [9.17, 15) is 0 Å². The van der Waals surface area contributed by atoms with Crippen LogP contribution < -0.4 is 5.32 Å². The first-order chi connectivity index (χ1) is 9.15. The van der Waals surface area contributed by atoms with Gasteiger partial charge in [0.25, 0.3) is 0 Å². The van der Waals surface area contributed by atoms with Crippen molar-refractivity contribution < 1.29 is 0 Å². The molecule has 2 heterocycles. The second-order valence-corrected chi connectivity index (χ2v) is 4.66. The molecule has 0 bridgehead atoms. The lowest BCUT2D eigenvalue weighted by molar-refractivity contribution is 0.316. The zero-order valence-electron chi connectivity index (χ0n) is 11.5. The molecule has 0 saturated carbocycles. The van der Waals surface area contributed by atoms with E-state index in [1.54, 1.807) is 10.9 Å². The monoisotopic (exact) mass is 282 g/mol. The number of halogens is 1. The molecule has 0 saturated heterocycles. The number of nitrogens with one attached hydrogen (secondary N) is 1. The smallest absolute Gasteiger partial charge is 0.224 e. The minimum Gasteiger partial charge on any atom is -0.353 e. The van der Waals surface area contributed by atoms with E-state index in [-0.39, 0.29) is 0 Å². The van der Waals surface area contributed by atoms with Gasteiger partial charge in [0, 0.05) is 26.3 Å². The summed E-state index contributed by atoms with van der Waals surface area (Å²) in [6, 6.07) is 0. The number of aryl methyl sites for hydroxylation is 1. The number of aromatic nitrogens is 4. The molecular weight excluding hydrogens is 264 g/mol. The minimum atomic E-state index is 0.437. The highest BCUT2D eigenvalue weighted by Gasteiger charge is 2.09. The van der Waals surface area contributed by atoms with Crippen molar-refractivity contribution in [1.82, 2.24) is 24.6 Å². The van der Waals surface area contributed by atoms with Crippen LogP contribution >= 0.6 is 11.6 Å². The number of likely N-dealkylation sites (N-methyl/N-ethyl adjacent to an activating group) is 1. The van der Waals surface area contributed by atoms with Crippen LogP contribution in [0, 0.1) is 0 Å². The van der Waals surface area contributed by atoms with E-state index in [1.165, 1.54) is 0 Å². The summed E-state index contributed by atoms with van der Waals surface area (Å²) in [5, 5.41) is 8.55. The van der Waals surface area contributed by atoms with Crippen molar-refractivity contribution >= 4 is 28.6 Å². The van der Waals surface area contributed by atoms with Gasteiger partial charge < -0.3 is 10.2 Å². The van der Waals surface area contributed by atoms with Crippen LogP contribution in [0.2, 0.25) is 5.15 Å². The molecule has 2 rings (SSSR count). The molecule has 2 aromatic heterocycles. The number of hydrogen-bond acceptors (Lipinski definition) is 5. The number of rotatable bonds is 6. The molecule has 0 fully saturated rings. The first-order valence-corrected chi connectivity index (χ1v) is 6.85. The third-order valence-electron chi connectivity index (χ3n) is 3.14. The van der Waals surface area contributed by atoms with E-state index in [2.05, 4.69) is 39.1 Å². The molecule has 0 aromatic carbocycles. The van der Waals surface area contributed by atoms with Crippen LogP contribution in [0.25, 0.3) is 11.0 Å². The van der Waals surface area contributed by atoms with Crippen LogP contribution in [0.3, 0.4) is 0 Å². The SMILES string of the molecule is CCN(CC)CCNc1ncc2c(Cl)nn(C)c2n1. The quantitative estimate of drug-likeness (QED) is 0.875. The van der Waals surface area contributed by atoms with Crippen LogP contribution in [-0.4, -0.2) is 50.8 Å². The van der Waals surface area contributed by atoms with Gasteiger partial charge in [-0.25, -0.2) is 9.67 Å². The van der Waals surface area contributed by atoms with Crippen LogP contribution in [0.15, 0.2) is 6.20 Å². The van der Waals surface area contributed by atoms with Gasteiger partial charge in [-0.3, -0.25) is 0 Å². The van der Waals surface area contributed by atoms with E-state index in [0.29, 0.717) is 11.1 Å². The number of anilines is 1. The Morgan fingerprint density at radius 3 is 2.79 bits per heavy atom. The maximum Gasteiger partial charge on any atom is 0.224 e. The summed E-state index contributed by atoms with van der Waals surface area (Å²) in [5.74, 6) is 0.610. The predicted molar refractivity (Wildman–Crippen MR) is 77.6 cm³/mol. The fourth-order valence-electron chi connectivity index (χ4n) is 1.95. The van der Waals surface area contributed by atoms with E-state index >= 15 is 0 Å². The fraction of sp³-hybridized carbons (Fsp3) is 0.583. The number of nitrogens with zero attached hydrogens (tertiary/aromatic N) is 5. The Labute approximate surface area is 117 Å². The molecule has 2 aromatic rings. The van der Waals surface area contributed by atoms with E-state index in [0.717, 1.165) is 37.2 Å². The molecule has 0 aliphatic carbocycles. The van der Waals surface area contributed by atoms with Crippen molar-refractivity contribution in [3.63, 3.8) is 0 Å². The molecule has 1 N–H and O–H groups in total. The number of hydrogen-bond donors (Lipinski definition) is 1. The first-order valence-electron chi connectivity index (χ1n) is 6.47. The Kier molecular flexibility index (Phi) is 4.55. The van der Waals surface area contributed by atoms with Crippen molar-refractivity contribution in [1.29, 1.82) is 0 Å².